The number of anilines is 3. The Balaban J connectivity index is 1.35. The monoisotopic (exact) mass is 745 g/mol. The number of fused-ring (bicyclic) bond motifs is 3. The second kappa shape index (κ2) is 13.9. The van der Waals surface area contributed by atoms with Crippen LogP contribution in [0.25, 0.3) is 55.3 Å². The van der Waals surface area contributed by atoms with Crippen LogP contribution < -0.4 is 4.90 Å². The lowest BCUT2D eigenvalue weighted by Gasteiger charge is -2.31. The third-order valence-corrected chi connectivity index (χ3v) is 10.2. The maximum atomic E-state index is 14.4. The first-order valence-electron chi connectivity index (χ1n) is 17.6. The number of halogens is 1. The third-order valence-electron chi connectivity index (χ3n) is 9.68. The van der Waals surface area contributed by atoms with E-state index in [1.807, 2.05) is 84.9 Å². The molecule has 0 unspecified atom stereocenters. The van der Waals surface area contributed by atoms with E-state index in [0.717, 1.165) is 76.9 Å². The van der Waals surface area contributed by atoms with Crippen LogP contribution >= 0.6 is 15.9 Å². The normalized spacial score (nSPS) is 11.2. The molecule has 0 fully saturated rings. The smallest absolute Gasteiger partial charge is 0.193 e. The fourth-order valence-electron chi connectivity index (χ4n) is 7.21. The number of hydrogen-bond acceptors (Lipinski definition) is 3. The summed E-state index contributed by atoms with van der Waals surface area (Å²) in [6.45, 7) is 0. The van der Waals surface area contributed by atoms with Crippen molar-refractivity contribution in [1.82, 2.24) is 0 Å². The van der Waals surface area contributed by atoms with Crippen LogP contribution in [0.2, 0.25) is 0 Å². The molecule has 9 aromatic rings. The Morgan fingerprint density at radius 1 is 0.434 bits per heavy atom. The van der Waals surface area contributed by atoms with Gasteiger partial charge in [-0.05, 0) is 76.9 Å². The number of rotatable bonds is 8. The molecule has 252 valence electrons. The molecular weight excluding hydrogens is 714 g/mol. The molecule has 4 heteroatoms. The van der Waals surface area contributed by atoms with E-state index < -0.39 is 0 Å². The van der Waals surface area contributed by atoms with E-state index in [9.17, 15) is 4.79 Å². The van der Waals surface area contributed by atoms with Crippen LogP contribution in [-0.4, -0.2) is 5.78 Å². The highest BCUT2D eigenvalue weighted by Gasteiger charge is 2.24. The third kappa shape index (κ3) is 6.24. The van der Waals surface area contributed by atoms with E-state index >= 15 is 0 Å². The predicted octanol–water partition coefficient (Wildman–Crippen LogP) is 14.1. The van der Waals surface area contributed by atoms with E-state index in [0.29, 0.717) is 11.1 Å². The van der Waals surface area contributed by atoms with Gasteiger partial charge in [-0.1, -0.05) is 155 Å². The van der Waals surface area contributed by atoms with Crippen molar-refractivity contribution in [3.63, 3.8) is 0 Å². The maximum Gasteiger partial charge on any atom is 0.193 e. The van der Waals surface area contributed by atoms with Crippen molar-refractivity contribution in [1.29, 1.82) is 0 Å². The lowest BCUT2D eigenvalue weighted by molar-refractivity contribution is 0.103. The summed E-state index contributed by atoms with van der Waals surface area (Å²) >= 11 is 3.77. The van der Waals surface area contributed by atoms with Crippen LogP contribution in [0, 0.1) is 0 Å². The minimum atomic E-state index is -0.0441. The fraction of sp³-hybridized carbons (Fsp3) is 0. The standard InChI is InChI=1S/C49H32BrNO2/c50-39-20-12-21-40(32-39)51(48-42(33-14-4-1-5-15-33)23-13-24-43(48)34-16-6-2-7-17-34)41-29-37(28-38(30-41)49(52)35-18-8-3-9-19-35)36-26-27-47-45(31-36)44-22-10-11-25-46(44)53-47/h1-32H. The van der Waals surface area contributed by atoms with Crippen molar-refractivity contribution in [3.05, 3.63) is 210 Å². The molecule has 53 heavy (non-hydrogen) atoms. The zero-order chi connectivity index (χ0) is 35.7. The second-order valence-electron chi connectivity index (χ2n) is 13.0. The molecule has 3 nitrogen and oxygen atoms in total. The van der Waals surface area contributed by atoms with Crippen LogP contribution in [0.1, 0.15) is 15.9 Å². The van der Waals surface area contributed by atoms with Gasteiger partial charge in [-0.2, -0.15) is 0 Å². The largest absolute Gasteiger partial charge is 0.456 e. The first-order chi connectivity index (χ1) is 26.1. The summed E-state index contributed by atoms with van der Waals surface area (Å²) in [4.78, 5) is 16.7. The number of hydrogen-bond donors (Lipinski definition) is 0. The maximum absolute atomic E-state index is 14.4. The Kier molecular flexibility index (Phi) is 8.51. The Morgan fingerprint density at radius 3 is 1.75 bits per heavy atom. The molecule has 0 saturated carbocycles. The van der Waals surface area contributed by atoms with E-state index in [1.54, 1.807) is 0 Å². The molecule has 0 spiro atoms. The van der Waals surface area contributed by atoms with Crippen molar-refractivity contribution < 1.29 is 9.21 Å². The number of nitrogens with zero attached hydrogens (tertiary/aromatic N) is 1. The summed E-state index contributed by atoms with van der Waals surface area (Å²) in [5.41, 5.74) is 12.0. The molecule has 0 saturated heterocycles. The second-order valence-corrected chi connectivity index (χ2v) is 13.9. The minimum Gasteiger partial charge on any atom is -0.456 e. The summed E-state index contributed by atoms with van der Waals surface area (Å²) in [6, 6.07) is 66.0. The number of para-hydroxylation sites is 2. The van der Waals surface area contributed by atoms with Crippen LogP contribution in [0.15, 0.2) is 203 Å². The van der Waals surface area contributed by atoms with E-state index in [4.69, 9.17) is 4.42 Å². The summed E-state index contributed by atoms with van der Waals surface area (Å²) in [6.07, 6.45) is 0. The summed E-state index contributed by atoms with van der Waals surface area (Å²) in [5.74, 6) is -0.0441. The minimum absolute atomic E-state index is 0.0441. The molecule has 0 amide bonds. The SMILES string of the molecule is O=C(c1ccccc1)c1cc(-c2ccc3oc4ccccc4c3c2)cc(N(c2cccc(Br)c2)c2c(-c3ccccc3)cccc2-c2ccccc2)c1. The first-order valence-corrected chi connectivity index (χ1v) is 18.4. The van der Waals surface area contributed by atoms with Gasteiger partial charge in [0, 0.05) is 48.9 Å². The Labute approximate surface area is 316 Å². The molecule has 0 atom stereocenters. The molecule has 0 aliphatic heterocycles. The summed E-state index contributed by atoms with van der Waals surface area (Å²) in [7, 11) is 0. The molecule has 1 heterocycles. The fourth-order valence-corrected chi connectivity index (χ4v) is 7.60. The van der Waals surface area contributed by atoms with Gasteiger partial charge in [0.2, 0.25) is 0 Å². The molecule has 0 radical (unpaired) electrons. The number of furan rings is 1. The van der Waals surface area contributed by atoms with Gasteiger partial charge >= 0.3 is 0 Å². The molecular formula is C49H32BrNO2. The van der Waals surface area contributed by atoms with Gasteiger partial charge in [0.1, 0.15) is 11.2 Å². The number of benzene rings is 8. The summed E-state index contributed by atoms with van der Waals surface area (Å²) in [5, 5.41) is 2.09. The number of carbonyl (C=O) groups excluding carboxylic acids is 1. The van der Waals surface area contributed by atoms with E-state index in [1.165, 1.54) is 0 Å². The molecule has 0 bridgehead atoms. The first kappa shape index (κ1) is 32.4. The van der Waals surface area contributed by atoms with Crippen LogP contribution in [0.4, 0.5) is 17.1 Å². The van der Waals surface area contributed by atoms with Gasteiger partial charge in [-0.25, -0.2) is 0 Å². The highest BCUT2D eigenvalue weighted by Crippen LogP contribution is 2.48. The van der Waals surface area contributed by atoms with E-state index in [2.05, 4.69) is 130 Å². The Bertz CT molecular complexity index is 2700. The van der Waals surface area contributed by atoms with Crippen molar-refractivity contribution in [3.8, 4) is 33.4 Å². The lowest BCUT2D eigenvalue weighted by atomic mass is 9.92. The van der Waals surface area contributed by atoms with Crippen molar-refractivity contribution in [2.24, 2.45) is 0 Å². The quantitative estimate of drug-likeness (QED) is 0.145. The lowest BCUT2D eigenvalue weighted by Crippen LogP contribution is -2.14. The molecule has 9 rings (SSSR count). The van der Waals surface area contributed by atoms with Crippen molar-refractivity contribution in [2.45, 2.75) is 0 Å². The molecule has 1 aromatic heterocycles. The zero-order valence-electron chi connectivity index (χ0n) is 28.6. The highest BCUT2D eigenvalue weighted by molar-refractivity contribution is 9.10. The van der Waals surface area contributed by atoms with Gasteiger partial charge in [0.05, 0.1) is 5.69 Å². The average molecular weight is 747 g/mol. The Hall–Kier alpha value is -6.49. The summed E-state index contributed by atoms with van der Waals surface area (Å²) < 4.78 is 7.15. The van der Waals surface area contributed by atoms with Crippen LogP contribution in [-0.2, 0) is 0 Å². The van der Waals surface area contributed by atoms with Gasteiger partial charge in [-0.3, -0.25) is 4.79 Å². The predicted molar refractivity (Wildman–Crippen MR) is 222 cm³/mol. The van der Waals surface area contributed by atoms with Gasteiger partial charge < -0.3 is 9.32 Å². The Morgan fingerprint density at radius 2 is 1.06 bits per heavy atom. The molecule has 0 aliphatic rings. The number of ketones is 1. The number of carbonyl (C=O) groups is 1. The van der Waals surface area contributed by atoms with E-state index in [-0.39, 0.29) is 5.78 Å². The van der Waals surface area contributed by atoms with Crippen molar-refractivity contribution in [2.75, 3.05) is 4.90 Å². The topological polar surface area (TPSA) is 33.5 Å². The zero-order valence-corrected chi connectivity index (χ0v) is 30.2. The highest BCUT2D eigenvalue weighted by atomic mass is 79.9. The molecule has 8 aromatic carbocycles. The van der Waals surface area contributed by atoms with Gasteiger partial charge in [0.25, 0.3) is 0 Å². The van der Waals surface area contributed by atoms with Gasteiger partial charge in [0.15, 0.2) is 5.78 Å². The van der Waals surface area contributed by atoms with Crippen LogP contribution in [0.5, 0.6) is 0 Å². The van der Waals surface area contributed by atoms with Crippen molar-refractivity contribution >= 4 is 60.7 Å². The molecule has 0 N–H and O–H groups in total. The molecule has 0 aliphatic carbocycles. The average Bonchev–Trinajstić information content (AvgIpc) is 3.60. The van der Waals surface area contributed by atoms with Gasteiger partial charge in [-0.15, -0.1) is 0 Å². The van der Waals surface area contributed by atoms with Crippen LogP contribution in [0.3, 0.4) is 0 Å².